The zero-order valence-corrected chi connectivity index (χ0v) is 13.7. The number of benzene rings is 1. The van der Waals surface area contributed by atoms with Crippen molar-refractivity contribution in [2.75, 3.05) is 31.2 Å². The molecule has 2 aliphatic rings. The number of aromatic nitrogens is 2. The predicted octanol–water partition coefficient (Wildman–Crippen LogP) is 2.14. The molecule has 0 spiro atoms. The summed E-state index contributed by atoms with van der Waals surface area (Å²) in [5.41, 5.74) is 2.27. The molecule has 24 heavy (non-hydrogen) atoms. The minimum Gasteiger partial charge on any atom is -0.486 e. The Morgan fingerprint density at radius 3 is 2.42 bits per heavy atom. The lowest BCUT2D eigenvalue weighted by Crippen LogP contribution is -2.21. The Morgan fingerprint density at radius 1 is 0.917 bits per heavy atom. The Hall–Kier alpha value is -2.34. The van der Waals surface area contributed by atoms with E-state index in [2.05, 4.69) is 26.3 Å². The highest BCUT2D eigenvalue weighted by molar-refractivity contribution is 5.43. The second-order valence-electron chi connectivity index (χ2n) is 6.17. The quantitative estimate of drug-likeness (QED) is 0.908. The zero-order valence-electron chi connectivity index (χ0n) is 13.7. The number of rotatable bonds is 5. The van der Waals surface area contributed by atoms with E-state index in [-0.39, 0.29) is 0 Å². The van der Waals surface area contributed by atoms with Gasteiger partial charge in [0.25, 0.3) is 0 Å². The molecule has 0 amide bonds. The molecule has 3 heterocycles. The molecule has 0 saturated carbocycles. The first kappa shape index (κ1) is 15.2. The third kappa shape index (κ3) is 3.43. The van der Waals surface area contributed by atoms with Gasteiger partial charge in [-0.05, 0) is 30.5 Å². The van der Waals surface area contributed by atoms with E-state index in [1.807, 2.05) is 24.5 Å². The van der Waals surface area contributed by atoms with Crippen LogP contribution in [-0.2, 0) is 13.1 Å². The van der Waals surface area contributed by atoms with Gasteiger partial charge in [0.2, 0.25) is 5.95 Å². The summed E-state index contributed by atoms with van der Waals surface area (Å²) in [6, 6.07) is 6.07. The van der Waals surface area contributed by atoms with Crippen LogP contribution in [-0.4, -0.2) is 36.3 Å². The van der Waals surface area contributed by atoms with Crippen molar-refractivity contribution in [3.05, 3.63) is 41.7 Å². The van der Waals surface area contributed by atoms with Crippen LogP contribution >= 0.6 is 0 Å². The topological polar surface area (TPSA) is 59.5 Å². The van der Waals surface area contributed by atoms with Crippen molar-refractivity contribution in [1.29, 1.82) is 0 Å². The van der Waals surface area contributed by atoms with Crippen LogP contribution in [0.2, 0.25) is 0 Å². The second kappa shape index (κ2) is 7.05. The molecule has 2 aliphatic heterocycles. The highest BCUT2D eigenvalue weighted by Crippen LogP contribution is 2.30. The van der Waals surface area contributed by atoms with Crippen LogP contribution in [0.3, 0.4) is 0 Å². The van der Waals surface area contributed by atoms with Crippen LogP contribution in [0, 0.1) is 0 Å². The van der Waals surface area contributed by atoms with E-state index >= 15 is 0 Å². The van der Waals surface area contributed by atoms with Crippen molar-refractivity contribution in [2.45, 2.75) is 25.9 Å². The molecule has 2 aromatic rings. The highest BCUT2D eigenvalue weighted by atomic mass is 16.6. The van der Waals surface area contributed by atoms with Gasteiger partial charge in [-0.25, -0.2) is 9.97 Å². The van der Waals surface area contributed by atoms with Gasteiger partial charge in [-0.3, -0.25) is 0 Å². The number of anilines is 1. The lowest BCUT2D eigenvalue weighted by atomic mass is 10.2. The molecule has 1 N–H and O–H groups in total. The van der Waals surface area contributed by atoms with E-state index in [1.54, 1.807) is 0 Å². The molecule has 0 unspecified atom stereocenters. The van der Waals surface area contributed by atoms with E-state index < -0.39 is 0 Å². The van der Waals surface area contributed by atoms with Crippen LogP contribution in [0.5, 0.6) is 11.5 Å². The van der Waals surface area contributed by atoms with E-state index in [0.29, 0.717) is 13.2 Å². The fraction of sp³-hybridized carbons (Fsp3) is 0.444. The second-order valence-corrected chi connectivity index (χ2v) is 6.17. The minimum atomic E-state index is 0.616. The van der Waals surface area contributed by atoms with Crippen LogP contribution in [0.25, 0.3) is 0 Å². The summed E-state index contributed by atoms with van der Waals surface area (Å²) in [6.45, 7) is 4.89. The standard InChI is InChI=1S/C18H22N4O2/c1-2-6-22(5-1)18-20-12-15(13-21-18)11-19-10-14-3-4-16-17(9-14)24-8-7-23-16/h3-4,9,12-13,19H,1-2,5-8,10-11H2. The molecule has 126 valence electrons. The average molecular weight is 326 g/mol. The molecule has 1 saturated heterocycles. The number of hydrogen-bond donors (Lipinski definition) is 1. The Labute approximate surface area is 141 Å². The first-order chi connectivity index (χ1) is 11.9. The molecule has 0 bridgehead atoms. The fourth-order valence-electron chi connectivity index (χ4n) is 3.07. The third-order valence-electron chi connectivity index (χ3n) is 4.35. The van der Waals surface area contributed by atoms with Gasteiger partial charge in [0.15, 0.2) is 11.5 Å². The molecule has 4 rings (SSSR count). The molecule has 0 radical (unpaired) electrons. The highest BCUT2D eigenvalue weighted by Gasteiger charge is 2.14. The van der Waals surface area contributed by atoms with Gasteiger partial charge in [-0.15, -0.1) is 0 Å². The Balaban J connectivity index is 1.30. The van der Waals surface area contributed by atoms with Crippen LogP contribution in [0.4, 0.5) is 5.95 Å². The first-order valence-corrected chi connectivity index (χ1v) is 8.53. The predicted molar refractivity (Wildman–Crippen MR) is 91.5 cm³/mol. The van der Waals surface area contributed by atoms with Crippen molar-refractivity contribution in [3.8, 4) is 11.5 Å². The Morgan fingerprint density at radius 2 is 1.62 bits per heavy atom. The summed E-state index contributed by atoms with van der Waals surface area (Å²) >= 11 is 0. The molecule has 6 nitrogen and oxygen atoms in total. The summed E-state index contributed by atoms with van der Waals surface area (Å²) in [5, 5.41) is 3.42. The molecule has 1 aromatic carbocycles. The average Bonchev–Trinajstić information content (AvgIpc) is 3.17. The number of ether oxygens (including phenoxy) is 2. The lowest BCUT2D eigenvalue weighted by molar-refractivity contribution is 0.171. The number of fused-ring (bicyclic) bond motifs is 1. The van der Waals surface area contributed by atoms with Crippen molar-refractivity contribution in [2.24, 2.45) is 0 Å². The summed E-state index contributed by atoms with van der Waals surface area (Å²) in [4.78, 5) is 11.2. The van der Waals surface area contributed by atoms with E-state index in [1.165, 1.54) is 18.4 Å². The van der Waals surface area contributed by atoms with Crippen LogP contribution in [0.15, 0.2) is 30.6 Å². The van der Waals surface area contributed by atoms with Gasteiger partial charge in [0, 0.05) is 44.1 Å². The Bertz CT molecular complexity index is 684. The van der Waals surface area contributed by atoms with E-state index in [4.69, 9.17) is 9.47 Å². The van der Waals surface area contributed by atoms with Crippen molar-refractivity contribution in [3.63, 3.8) is 0 Å². The smallest absolute Gasteiger partial charge is 0.225 e. The van der Waals surface area contributed by atoms with Crippen LogP contribution < -0.4 is 19.7 Å². The molecule has 1 aromatic heterocycles. The maximum atomic E-state index is 5.61. The van der Waals surface area contributed by atoms with Crippen molar-refractivity contribution in [1.82, 2.24) is 15.3 Å². The molecular formula is C18H22N4O2. The summed E-state index contributed by atoms with van der Waals surface area (Å²) in [5.74, 6) is 2.51. The SMILES string of the molecule is c1cc2c(cc1CNCc1cnc(N3CCCC3)nc1)OCCO2. The van der Waals surface area contributed by atoms with Gasteiger partial charge in [-0.1, -0.05) is 6.07 Å². The summed E-state index contributed by atoms with van der Waals surface area (Å²) < 4.78 is 11.2. The van der Waals surface area contributed by atoms with Crippen LogP contribution in [0.1, 0.15) is 24.0 Å². The molecule has 0 aliphatic carbocycles. The van der Waals surface area contributed by atoms with Gasteiger partial charge < -0.3 is 19.7 Å². The van der Waals surface area contributed by atoms with E-state index in [0.717, 1.165) is 49.2 Å². The first-order valence-electron chi connectivity index (χ1n) is 8.53. The third-order valence-corrected chi connectivity index (χ3v) is 4.35. The Kier molecular flexibility index (Phi) is 4.46. The molecule has 6 heteroatoms. The normalized spacial score (nSPS) is 16.4. The van der Waals surface area contributed by atoms with Crippen molar-refractivity contribution >= 4 is 5.95 Å². The maximum absolute atomic E-state index is 5.61. The van der Waals surface area contributed by atoms with Gasteiger partial charge in [0.05, 0.1) is 0 Å². The maximum Gasteiger partial charge on any atom is 0.225 e. The fourth-order valence-corrected chi connectivity index (χ4v) is 3.07. The minimum absolute atomic E-state index is 0.616. The number of hydrogen-bond acceptors (Lipinski definition) is 6. The van der Waals surface area contributed by atoms with E-state index in [9.17, 15) is 0 Å². The summed E-state index contributed by atoms with van der Waals surface area (Å²) in [6.07, 6.45) is 6.30. The lowest BCUT2D eigenvalue weighted by Gasteiger charge is -2.19. The molecule has 1 fully saturated rings. The van der Waals surface area contributed by atoms with Gasteiger partial charge in [0.1, 0.15) is 13.2 Å². The number of nitrogens with one attached hydrogen (secondary N) is 1. The zero-order chi connectivity index (χ0) is 16.2. The number of nitrogens with zero attached hydrogens (tertiary/aromatic N) is 3. The largest absolute Gasteiger partial charge is 0.486 e. The molecule has 0 atom stereocenters. The van der Waals surface area contributed by atoms with Gasteiger partial charge >= 0.3 is 0 Å². The summed E-state index contributed by atoms with van der Waals surface area (Å²) in [7, 11) is 0. The van der Waals surface area contributed by atoms with Gasteiger partial charge in [-0.2, -0.15) is 0 Å². The van der Waals surface area contributed by atoms with Crippen molar-refractivity contribution < 1.29 is 9.47 Å². The monoisotopic (exact) mass is 326 g/mol. The molecular weight excluding hydrogens is 304 g/mol.